The van der Waals surface area contributed by atoms with Gasteiger partial charge in [0.2, 0.25) is 0 Å². The molecule has 1 N–H and O–H groups in total. The molecular formula is C24H27N3O. The summed E-state index contributed by atoms with van der Waals surface area (Å²) >= 11 is 0. The zero-order valence-electron chi connectivity index (χ0n) is 16.9. The van der Waals surface area contributed by atoms with E-state index in [1.54, 1.807) is 0 Å². The lowest BCUT2D eigenvalue weighted by molar-refractivity contribution is 0.162. The topological polar surface area (TPSA) is 37.3 Å². The number of para-hydroxylation sites is 1. The molecule has 3 aromatic rings. The van der Waals surface area contributed by atoms with E-state index in [1.165, 1.54) is 0 Å². The molecule has 0 bridgehead atoms. The van der Waals surface area contributed by atoms with Gasteiger partial charge in [0.1, 0.15) is 0 Å². The Balaban J connectivity index is 1.77. The number of aryl methyl sites for hydroxylation is 2. The van der Waals surface area contributed by atoms with Crippen LogP contribution in [-0.2, 0) is 6.54 Å². The molecule has 4 nitrogen and oxygen atoms in total. The first-order valence-corrected chi connectivity index (χ1v) is 9.86. The fourth-order valence-corrected chi connectivity index (χ4v) is 4.13. The summed E-state index contributed by atoms with van der Waals surface area (Å²) in [6, 6.07) is 18.6. The quantitative estimate of drug-likeness (QED) is 0.602. The third-order valence-corrected chi connectivity index (χ3v) is 5.54. The Morgan fingerprint density at radius 3 is 2.64 bits per heavy atom. The maximum atomic E-state index is 13.4. The van der Waals surface area contributed by atoms with Gasteiger partial charge in [-0.25, -0.2) is 4.79 Å². The first-order chi connectivity index (χ1) is 13.5. The smallest absolute Gasteiger partial charge is 0.318 e. The zero-order valence-corrected chi connectivity index (χ0v) is 16.9. The van der Waals surface area contributed by atoms with E-state index in [1.807, 2.05) is 36.9 Å². The van der Waals surface area contributed by atoms with Crippen molar-refractivity contribution in [2.75, 3.05) is 5.32 Å². The second-order valence-corrected chi connectivity index (χ2v) is 8.00. The van der Waals surface area contributed by atoms with E-state index >= 15 is 0 Å². The van der Waals surface area contributed by atoms with E-state index in [2.05, 4.69) is 66.3 Å². The number of anilines is 1. The van der Waals surface area contributed by atoms with Crippen molar-refractivity contribution in [2.24, 2.45) is 5.92 Å². The summed E-state index contributed by atoms with van der Waals surface area (Å²) in [5.41, 5.74) is 6.53. The lowest BCUT2D eigenvalue weighted by atomic mass is 9.99. The number of nitrogens with one attached hydrogen (secondary N) is 1. The Kier molecular flexibility index (Phi) is 4.71. The summed E-state index contributed by atoms with van der Waals surface area (Å²) in [5, 5.41) is 3.16. The molecule has 0 spiro atoms. The molecule has 4 heteroatoms. The fraction of sp³-hybridized carbons (Fsp3) is 0.292. The van der Waals surface area contributed by atoms with Gasteiger partial charge in [0.05, 0.1) is 18.3 Å². The summed E-state index contributed by atoms with van der Waals surface area (Å²) in [5.74, 6) is 0.285. The number of rotatable bonds is 2. The van der Waals surface area contributed by atoms with E-state index in [4.69, 9.17) is 0 Å². The molecule has 1 atom stereocenters. The van der Waals surface area contributed by atoms with E-state index in [-0.39, 0.29) is 18.0 Å². The van der Waals surface area contributed by atoms with E-state index in [0.717, 1.165) is 33.8 Å². The molecule has 2 aromatic carbocycles. The van der Waals surface area contributed by atoms with Crippen molar-refractivity contribution < 1.29 is 4.79 Å². The second-order valence-electron chi connectivity index (χ2n) is 8.00. The number of aromatic nitrogens is 1. The molecule has 0 saturated carbocycles. The molecule has 0 unspecified atom stereocenters. The molecule has 1 aromatic heterocycles. The van der Waals surface area contributed by atoms with Crippen LogP contribution in [-0.4, -0.2) is 15.5 Å². The molecular weight excluding hydrogens is 346 g/mol. The number of carbonyl (C=O) groups is 1. The Hall–Kier alpha value is -3.01. The Labute approximate surface area is 166 Å². The van der Waals surface area contributed by atoms with Gasteiger partial charge in [-0.05, 0) is 60.7 Å². The molecule has 0 saturated heterocycles. The van der Waals surface area contributed by atoms with Crippen molar-refractivity contribution in [1.29, 1.82) is 0 Å². The largest absolute Gasteiger partial charge is 0.322 e. The highest BCUT2D eigenvalue weighted by Gasteiger charge is 2.33. The van der Waals surface area contributed by atoms with Crippen LogP contribution in [0.4, 0.5) is 10.5 Å². The molecule has 4 rings (SSSR count). The van der Waals surface area contributed by atoms with Gasteiger partial charge in [0.15, 0.2) is 0 Å². The first-order valence-electron chi connectivity index (χ1n) is 9.86. The lowest BCUT2D eigenvalue weighted by Crippen LogP contribution is -2.39. The Bertz CT molecular complexity index is 1020. The predicted octanol–water partition coefficient (Wildman–Crippen LogP) is 5.84. The van der Waals surface area contributed by atoms with Gasteiger partial charge in [0.25, 0.3) is 0 Å². The number of urea groups is 1. The van der Waals surface area contributed by atoms with Crippen molar-refractivity contribution in [3.05, 3.63) is 83.2 Å². The van der Waals surface area contributed by atoms with Crippen molar-refractivity contribution in [2.45, 2.75) is 40.3 Å². The third-order valence-electron chi connectivity index (χ3n) is 5.54. The van der Waals surface area contributed by atoms with Gasteiger partial charge in [-0.1, -0.05) is 44.2 Å². The van der Waals surface area contributed by atoms with Crippen LogP contribution in [0.5, 0.6) is 0 Å². The standard InChI is InChI=1S/C24H27N3O/c1-16(2)23-22-10-7-13-26(22)21-9-6-5-8-19(21)15-27(23)24(28)25-20-14-17(3)11-12-18(20)4/h5-14,16,23H,15H2,1-4H3,(H,25,28)/t23-/m1/s1. The number of benzene rings is 2. The minimum atomic E-state index is -0.0585. The van der Waals surface area contributed by atoms with E-state index < -0.39 is 0 Å². The zero-order chi connectivity index (χ0) is 19.8. The molecule has 0 fully saturated rings. The molecule has 28 heavy (non-hydrogen) atoms. The maximum Gasteiger partial charge on any atom is 0.322 e. The highest BCUT2D eigenvalue weighted by molar-refractivity contribution is 5.90. The normalized spacial score (nSPS) is 15.8. The van der Waals surface area contributed by atoms with Crippen LogP contribution in [0.3, 0.4) is 0 Å². The molecule has 0 radical (unpaired) electrons. The summed E-state index contributed by atoms with van der Waals surface area (Å²) in [4.78, 5) is 15.4. The SMILES string of the molecule is Cc1ccc(C)c(NC(=O)N2Cc3ccccc3-n3cccc3[C@H]2C(C)C)c1. The average molecular weight is 374 g/mol. The molecule has 144 valence electrons. The third kappa shape index (κ3) is 3.19. The summed E-state index contributed by atoms with van der Waals surface area (Å²) in [7, 11) is 0. The van der Waals surface area contributed by atoms with Gasteiger partial charge in [0, 0.05) is 17.6 Å². The van der Waals surface area contributed by atoms with Crippen LogP contribution in [0.25, 0.3) is 5.69 Å². The van der Waals surface area contributed by atoms with Crippen LogP contribution >= 0.6 is 0 Å². The van der Waals surface area contributed by atoms with E-state index in [9.17, 15) is 4.79 Å². The minimum absolute atomic E-state index is 0.00693. The summed E-state index contributed by atoms with van der Waals surface area (Å²) in [6.45, 7) is 9.00. The van der Waals surface area contributed by atoms with Crippen molar-refractivity contribution >= 4 is 11.7 Å². The Morgan fingerprint density at radius 2 is 1.86 bits per heavy atom. The fourth-order valence-electron chi connectivity index (χ4n) is 4.13. The number of nitrogens with zero attached hydrogens (tertiary/aromatic N) is 2. The lowest BCUT2D eigenvalue weighted by Gasteiger charge is -2.33. The van der Waals surface area contributed by atoms with Crippen LogP contribution in [0, 0.1) is 19.8 Å². The highest BCUT2D eigenvalue weighted by Crippen LogP contribution is 2.37. The van der Waals surface area contributed by atoms with Crippen LogP contribution < -0.4 is 5.32 Å². The number of hydrogen-bond donors (Lipinski definition) is 1. The minimum Gasteiger partial charge on any atom is -0.318 e. The Morgan fingerprint density at radius 1 is 1.07 bits per heavy atom. The van der Waals surface area contributed by atoms with Gasteiger partial charge in [-0.2, -0.15) is 0 Å². The number of fused-ring (bicyclic) bond motifs is 3. The van der Waals surface area contributed by atoms with E-state index in [0.29, 0.717) is 6.54 Å². The summed E-state index contributed by atoms with van der Waals surface area (Å²) in [6.07, 6.45) is 2.09. The van der Waals surface area contributed by atoms with Gasteiger partial charge >= 0.3 is 6.03 Å². The van der Waals surface area contributed by atoms with Crippen molar-refractivity contribution in [3.8, 4) is 5.69 Å². The first kappa shape index (κ1) is 18.4. The molecule has 1 aliphatic rings. The molecule has 2 heterocycles. The predicted molar refractivity (Wildman–Crippen MR) is 114 cm³/mol. The van der Waals surface area contributed by atoms with Gasteiger partial charge in [-0.3, -0.25) is 0 Å². The van der Waals surface area contributed by atoms with Crippen LogP contribution in [0.15, 0.2) is 60.8 Å². The number of amides is 2. The van der Waals surface area contributed by atoms with Gasteiger partial charge < -0.3 is 14.8 Å². The van der Waals surface area contributed by atoms with Crippen LogP contribution in [0.2, 0.25) is 0 Å². The highest BCUT2D eigenvalue weighted by atomic mass is 16.2. The van der Waals surface area contributed by atoms with Crippen LogP contribution in [0.1, 0.15) is 42.3 Å². The van der Waals surface area contributed by atoms with Crippen molar-refractivity contribution in [3.63, 3.8) is 0 Å². The molecule has 1 aliphatic heterocycles. The number of hydrogen-bond acceptors (Lipinski definition) is 1. The second kappa shape index (κ2) is 7.19. The summed E-state index contributed by atoms with van der Waals surface area (Å²) < 4.78 is 2.23. The molecule has 2 amide bonds. The van der Waals surface area contributed by atoms with Crippen molar-refractivity contribution in [1.82, 2.24) is 9.47 Å². The average Bonchev–Trinajstić information content (AvgIpc) is 3.08. The maximum absolute atomic E-state index is 13.4. The molecule has 0 aliphatic carbocycles. The monoisotopic (exact) mass is 373 g/mol. The number of carbonyl (C=O) groups excluding carboxylic acids is 1. The van der Waals surface area contributed by atoms with Gasteiger partial charge in [-0.15, -0.1) is 0 Å².